The number of carbonyl (C=O) groups is 1. The summed E-state index contributed by atoms with van der Waals surface area (Å²) >= 11 is 0. The quantitative estimate of drug-likeness (QED) is 0.784. The molecule has 0 bridgehead atoms. The van der Waals surface area contributed by atoms with Crippen molar-refractivity contribution in [3.8, 4) is 0 Å². The van der Waals surface area contributed by atoms with Crippen LogP contribution in [0.3, 0.4) is 0 Å². The maximum atomic E-state index is 12.3. The number of para-hydroxylation sites is 1. The Balaban J connectivity index is 2.71. The van der Waals surface area contributed by atoms with Gasteiger partial charge in [-0.15, -0.1) is 0 Å². The molecular weight excluding hydrogens is 238 g/mol. The minimum absolute atomic E-state index is 0.0228. The van der Waals surface area contributed by atoms with Crippen molar-refractivity contribution in [2.75, 3.05) is 18.1 Å². The lowest BCUT2D eigenvalue weighted by Gasteiger charge is -2.25. The highest BCUT2D eigenvalue weighted by molar-refractivity contribution is 5.94. The van der Waals surface area contributed by atoms with Gasteiger partial charge in [-0.25, -0.2) is 0 Å². The van der Waals surface area contributed by atoms with Crippen LogP contribution in [-0.2, 0) is 9.53 Å². The average Bonchev–Trinajstić information content (AvgIpc) is 2.37. The highest BCUT2D eigenvalue weighted by Gasteiger charge is 2.18. The Bertz CT molecular complexity index is 381. The number of hydrogen-bond donors (Lipinski definition) is 0. The number of carbonyl (C=O) groups excluding carboxylic acids is 1. The molecule has 0 N–H and O–H groups in total. The first-order valence-electron chi connectivity index (χ1n) is 6.93. The first kappa shape index (κ1) is 15.7. The van der Waals surface area contributed by atoms with Crippen LogP contribution in [0.4, 0.5) is 5.69 Å². The van der Waals surface area contributed by atoms with Gasteiger partial charge in [0.2, 0.25) is 0 Å². The van der Waals surface area contributed by atoms with Crippen molar-refractivity contribution in [1.82, 2.24) is 0 Å². The van der Waals surface area contributed by atoms with Crippen LogP contribution in [0.2, 0.25) is 0 Å². The van der Waals surface area contributed by atoms with E-state index in [4.69, 9.17) is 4.74 Å². The molecule has 0 aromatic heterocycles. The van der Waals surface area contributed by atoms with E-state index in [9.17, 15) is 4.79 Å². The van der Waals surface area contributed by atoms with Gasteiger partial charge in [0.25, 0.3) is 5.91 Å². The second-order valence-electron chi connectivity index (χ2n) is 5.64. The molecule has 0 spiro atoms. The van der Waals surface area contributed by atoms with E-state index in [2.05, 4.69) is 6.92 Å². The molecule has 1 aromatic rings. The minimum atomic E-state index is -0.289. The number of ether oxygens (including phenoxy) is 1. The molecule has 0 saturated carbocycles. The zero-order valence-corrected chi connectivity index (χ0v) is 12.5. The number of amides is 1. The van der Waals surface area contributed by atoms with Crippen molar-refractivity contribution in [2.45, 2.75) is 46.1 Å². The highest BCUT2D eigenvalue weighted by atomic mass is 16.5. The molecule has 0 unspecified atom stereocenters. The summed E-state index contributed by atoms with van der Waals surface area (Å²) in [7, 11) is 0. The molecule has 106 valence electrons. The molecule has 0 aliphatic heterocycles. The summed E-state index contributed by atoms with van der Waals surface area (Å²) in [5.41, 5.74) is 0.654. The molecule has 0 saturated heterocycles. The maximum absolute atomic E-state index is 12.3. The summed E-state index contributed by atoms with van der Waals surface area (Å²) in [5, 5.41) is 0. The summed E-state index contributed by atoms with van der Waals surface area (Å²) in [6, 6.07) is 9.78. The second kappa shape index (κ2) is 7.29. The number of hydrogen-bond acceptors (Lipinski definition) is 2. The van der Waals surface area contributed by atoms with Crippen LogP contribution in [0.25, 0.3) is 0 Å². The van der Waals surface area contributed by atoms with Crippen LogP contribution >= 0.6 is 0 Å². The van der Waals surface area contributed by atoms with E-state index < -0.39 is 0 Å². The topological polar surface area (TPSA) is 29.5 Å². The Morgan fingerprint density at radius 1 is 1.21 bits per heavy atom. The Labute approximate surface area is 116 Å². The van der Waals surface area contributed by atoms with Crippen molar-refractivity contribution in [3.63, 3.8) is 0 Å². The summed E-state index contributed by atoms with van der Waals surface area (Å²) in [4.78, 5) is 14.1. The van der Waals surface area contributed by atoms with Gasteiger partial charge in [0.1, 0.15) is 6.61 Å². The lowest BCUT2D eigenvalue weighted by molar-refractivity contribution is -0.127. The summed E-state index contributed by atoms with van der Waals surface area (Å²) in [6.07, 6.45) is 2.06. The number of rotatable bonds is 6. The molecule has 1 amide bonds. The van der Waals surface area contributed by atoms with E-state index in [1.54, 1.807) is 0 Å². The third-order valence-corrected chi connectivity index (χ3v) is 2.73. The summed E-state index contributed by atoms with van der Waals surface area (Å²) < 4.78 is 5.58. The van der Waals surface area contributed by atoms with Crippen LogP contribution in [0.1, 0.15) is 40.5 Å². The predicted molar refractivity (Wildman–Crippen MR) is 79.4 cm³/mol. The van der Waals surface area contributed by atoms with Gasteiger partial charge in [-0.1, -0.05) is 31.5 Å². The molecule has 3 nitrogen and oxygen atoms in total. The van der Waals surface area contributed by atoms with Crippen molar-refractivity contribution in [3.05, 3.63) is 30.3 Å². The van der Waals surface area contributed by atoms with Crippen LogP contribution in [0, 0.1) is 0 Å². The van der Waals surface area contributed by atoms with Crippen LogP contribution in [0.15, 0.2) is 30.3 Å². The fourth-order valence-electron chi connectivity index (χ4n) is 1.68. The van der Waals surface area contributed by atoms with Crippen LogP contribution in [0.5, 0.6) is 0 Å². The van der Waals surface area contributed by atoms with Gasteiger partial charge in [0, 0.05) is 12.2 Å². The van der Waals surface area contributed by atoms with Gasteiger partial charge < -0.3 is 9.64 Å². The molecule has 19 heavy (non-hydrogen) atoms. The molecule has 0 atom stereocenters. The first-order valence-corrected chi connectivity index (χ1v) is 6.93. The predicted octanol–water partition coefficient (Wildman–Crippen LogP) is 3.63. The molecule has 0 radical (unpaired) electrons. The lowest BCUT2D eigenvalue weighted by atomic mass is 10.2. The fraction of sp³-hybridized carbons (Fsp3) is 0.562. The van der Waals surface area contributed by atoms with E-state index in [0.717, 1.165) is 25.1 Å². The average molecular weight is 263 g/mol. The minimum Gasteiger partial charge on any atom is -0.366 e. The van der Waals surface area contributed by atoms with E-state index in [1.807, 2.05) is 56.0 Å². The van der Waals surface area contributed by atoms with Gasteiger partial charge in [-0.3, -0.25) is 4.79 Å². The SMILES string of the molecule is CCCCN(C(=O)COC(C)(C)C)c1ccccc1. The standard InChI is InChI=1S/C16H25NO2/c1-5-6-12-17(14-10-8-7-9-11-14)15(18)13-19-16(2,3)4/h7-11H,5-6,12-13H2,1-4H3. The smallest absolute Gasteiger partial charge is 0.252 e. The molecule has 1 aromatic carbocycles. The largest absolute Gasteiger partial charge is 0.366 e. The van der Waals surface area contributed by atoms with Crippen molar-refractivity contribution < 1.29 is 9.53 Å². The third kappa shape index (κ3) is 5.88. The van der Waals surface area contributed by atoms with Gasteiger partial charge in [-0.05, 0) is 39.3 Å². The molecule has 0 aliphatic carbocycles. The Kier molecular flexibility index (Phi) is 6.03. The normalized spacial score (nSPS) is 11.4. The monoisotopic (exact) mass is 263 g/mol. The first-order chi connectivity index (χ1) is 8.94. The van der Waals surface area contributed by atoms with Crippen molar-refractivity contribution in [1.29, 1.82) is 0 Å². The van der Waals surface area contributed by atoms with Crippen LogP contribution < -0.4 is 4.90 Å². The maximum Gasteiger partial charge on any atom is 0.252 e. The third-order valence-electron chi connectivity index (χ3n) is 2.73. The summed E-state index contributed by atoms with van der Waals surface area (Å²) in [5.74, 6) is 0.0228. The fourth-order valence-corrected chi connectivity index (χ4v) is 1.68. The lowest BCUT2D eigenvalue weighted by Crippen LogP contribution is -2.37. The molecule has 1 rings (SSSR count). The van der Waals surface area contributed by atoms with Gasteiger partial charge in [-0.2, -0.15) is 0 Å². The van der Waals surface area contributed by atoms with Crippen molar-refractivity contribution >= 4 is 11.6 Å². The highest BCUT2D eigenvalue weighted by Crippen LogP contribution is 2.15. The Hall–Kier alpha value is -1.35. The van der Waals surface area contributed by atoms with Gasteiger partial charge >= 0.3 is 0 Å². The van der Waals surface area contributed by atoms with Gasteiger partial charge in [0.15, 0.2) is 0 Å². The van der Waals surface area contributed by atoms with E-state index in [-0.39, 0.29) is 18.1 Å². The Morgan fingerprint density at radius 3 is 2.37 bits per heavy atom. The second-order valence-corrected chi connectivity index (χ2v) is 5.64. The molecule has 0 fully saturated rings. The van der Waals surface area contributed by atoms with E-state index >= 15 is 0 Å². The van der Waals surface area contributed by atoms with E-state index in [1.165, 1.54) is 0 Å². The van der Waals surface area contributed by atoms with Crippen LogP contribution in [-0.4, -0.2) is 24.7 Å². The Morgan fingerprint density at radius 2 is 1.84 bits per heavy atom. The molecular formula is C16H25NO2. The zero-order chi connectivity index (χ0) is 14.3. The molecule has 0 aliphatic rings. The van der Waals surface area contributed by atoms with E-state index in [0.29, 0.717) is 0 Å². The van der Waals surface area contributed by atoms with Crippen molar-refractivity contribution in [2.24, 2.45) is 0 Å². The summed E-state index contributed by atoms with van der Waals surface area (Å²) in [6.45, 7) is 8.87. The number of benzene rings is 1. The number of anilines is 1. The molecule has 3 heteroatoms. The number of nitrogens with zero attached hydrogens (tertiary/aromatic N) is 1. The molecule has 0 heterocycles. The number of unbranched alkanes of at least 4 members (excludes halogenated alkanes) is 1. The van der Waals surface area contributed by atoms with Gasteiger partial charge in [0.05, 0.1) is 5.60 Å². The zero-order valence-electron chi connectivity index (χ0n) is 12.5.